The molecule has 0 aromatic heterocycles. The number of aromatic hydroxyl groups is 1. The number of amides is 1. The number of benzene rings is 1. The van der Waals surface area contributed by atoms with Gasteiger partial charge in [-0.2, -0.15) is 0 Å². The molecule has 1 amide bonds. The zero-order valence-corrected chi connectivity index (χ0v) is 12.0. The molecular weight excluding hydrogens is 307 g/mol. The Morgan fingerprint density at radius 3 is 2.74 bits per heavy atom. The predicted molar refractivity (Wildman–Crippen MR) is 78.7 cm³/mol. The van der Waals surface area contributed by atoms with Gasteiger partial charge in [0.25, 0.3) is 0 Å². The summed E-state index contributed by atoms with van der Waals surface area (Å²) in [6, 6.07) is 4.74. The largest absolute Gasteiger partial charge is 0.504 e. The Bertz CT molecular complexity index is 739. The van der Waals surface area contributed by atoms with E-state index < -0.39 is 28.4 Å². The lowest BCUT2D eigenvalue weighted by molar-refractivity contribution is -0.421. The summed E-state index contributed by atoms with van der Waals surface area (Å²) in [6.07, 6.45) is 3.07. The van der Waals surface area contributed by atoms with Gasteiger partial charge in [-0.15, -0.1) is 0 Å². The second-order valence-corrected chi connectivity index (χ2v) is 4.64. The number of ether oxygens (including phenoxy) is 1. The molecule has 0 heterocycles. The van der Waals surface area contributed by atoms with Gasteiger partial charge in [0.1, 0.15) is 5.83 Å². The third kappa shape index (κ3) is 3.94. The molecule has 0 saturated carbocycles. The average molecular weight is 320 g/mol. The first-order chi connectivity index (χ1) is 10.9. The molecular formula is C15H13FN2O5. The van der Waals surface area contributed by atoms with Gasteiger partial charge in [-0.3, -0.25) is 14.9 Å². The Kier molecular flexibility index (Phi) is 4.75. The van der Waals surface area contributed by atoms with Crippen LogP contribution in [0.4, 0.5) is 4.39 Å². The zero-order chi connectivity index (χ0) is 17.0. The maximum atomic E-state index is 14.0. The van der Waals surface area contributed by atoms with E-state index in [4.69, 9.17) is 4.74 Å². The van der Waals surface area contributed by atoms with Crippen molar-refractivity contribution in [3.8, 4) is 11.5 Å². The summed E-state index contributed by atoms with van der Waals surface area (Å²) in [6.45, 7) is 1.20. The van der Waals surface area contributed by atoms with Crippen LogP contribution < -0.4 is 10.1 Å². The molecule has 7 nitrogen and oxygen atoms in total. The van der Waals surface area contributed by atoms with E-state index in [2.05, 4.69) is 5.32 Å². The standard InChI is InChI=1S/C15H13FN2O5/c1-9(19)17-11-6-7-14(12(18(21)22)8-10(11)16)23-15-5-3-2-4-13(15)20/h2-8,11,20H,1H3,(H,17,19). The van der Waals surface area contributed by atoms with Crippen molar-refractivity contribution in [3.05, 3.63) is 69.9 Å². The van der Waals surface area contributed by atoms with Gasteiger partial charge >= 0.3 is 5.70 Å². The molecule has 0 saturated heterocycles. The third-order valence-corrected chi connectivity index (χ3v) is 2.90. The van der Waals surface area contributed by atoms with Crippen LogP contribution in [0.2, 0.25) is 0 Å². The quantitative estimate of drug-likeness (QED) is 0.654. The van der Waals surface area contributed by atoms with Crippen molar-refractivity contribution in [1.82, 2.24) is 5.32 Å². The van der Waals surface area contributed by atoms with E-state index in [1.54, 1.807) is 12.1 Å². The lowest BCUT2D eigenvalue weighted by Gasteiger charge is -2.09. The Morgan fingerprint density at radius 1 is 1.43 bits per heavy atom. The molecule has 1 aromatic rings. The molecule has 0 bridgehead atoms. The molecule has 0 aliphatic heterocycles. The van der Waals surface area contributed by atoms with Crippen molar-refractivity contribution in [2.45, 2.75) is 13.0 Å². The molecule has 1 unspecified atom stereocenters. The Labute approximate surface area is 130 Å². The fourth-order valence-corrected chi connectivity index (χ4v) is 1.88. The molecule has 23 heavy (non-hydrogen) atoms. The van der Waals surface area contributed by atoms with Crippen LogP contribution in [0, 0.1) is 10.1 Å². The van der Waals surface area contributed by atoms with Gasteiger partial charge in [-0.1, -0.05) is 18.2 Å². The summed E-state index contributed by atoms with van der Waals surface area (Å²) in [5.41, 5.74) is -0.630. The number of phenolic OH excluding ortho intramolecular Hbond substituents is 1. The fourth-order valence-electron chi connectivity index (χ4n) is 1.88. The topological polar surface area (TPSA) is 102 Å². The van der Waals surface area contributed by atoms with E-state index in [0.29, 0.717) is 6.08 Å². The van der Waals surface area contributed by atoms with Crippen LogP contribution >= 0.6 is 0 Å². The second-order valence-electron chi connectivity index (χ2n) is 4.64. The number of phenols is 1. The highest BCUT2D eigenvalue weighted by Gasteiger charge is 2.25. The number of carbonyl (C=O) groups is 1. The number of nitro groups is 1. The van der Waals surface area contributed by atoms with Gasteiger partial charge in [0.2, 0.25) is 11.7 Å². The second kappa shape index (κ2) is 6.73. The van der Waals surface area contributed by atoms with Crippen molar-refractivity contribution < 1.29 is 24.0 Å². The van der Waals surface area contributed by atoms with Crippen LogP contribution in [0.1, 0.15) is 6.92 Å². The SMILES string of the molecule is CC(=O)NC1C=CC(Oc2ccccc2O)=C([N+](=O)[O-])C=C1F. The molecule has 0 fully saturated rings. The molecule has 0 radical (unpaired) electrons. The number of halogens is 1. The van der Waals surface area contributed by atoms with Crippen LogP contribution in [-0.4, -0.2) is 22.0 Å². The molecule has 1 aliphatic rings. The zero-order valence-electron chi connectivity index (χ0n) is 12.0. The molecule has 8 heteroatoms. The average Bonchev–Trinajstić information content (AvgIpc) is 2.62. The van der Waals surface area contributed by atoms with E-state index in [-0.39, 0.29) is 17.3 Å². The first-order valence-electron chi connectivity index (χ1n) is 6.55. The van der Waals surface area contributed by atoms with Gasteiger partial charge < -0.3 is 15.2 Å². The van der Waals surface area contributed by atoms with Crippen LogP contribution in [0.3, 0.4) is 0 Å². The number of hydrogen-bond donors (Lipinski definition) is 2. The summed E-state index contributed by atoms with van der Waals surface area (Å²) in [5.74, 6) is -1.89. The smallest absolute Gasteiger partial charge is 0.314 e. The highest BCUT2D eigenvalue weighted by atomic mass is 19.1. The molecule has 2 N–H and O–H groups in total. The summed E-state index contributed by atoms with van der Waals surface area (Å²) in [4.78, 5) is 21.4. The van der Waals surface area contributed by atoms with Crippen LogP contribution in [0.25, 0.3) is 0 Å². The number of carbonyl (C=O) groups excluding carboxylic acids is 1. The number of nitrogens with zero attached hydrogens (tertiary/aromatic N) is 1. The first kappa shape index (κ1) is 16.2. The Morgan fingerprint density at radius 2 is 2.13 bits per heavy atom. The molecule has 1 aliphatic carbocycles. The van der Waals surface area contributed by atoms with E-state index in [0.717, 1.165) is 0 Å². The highest BCUT2D eigenvalue weighted by molar-refractivity contribution is 5.74. The highest BCUT2D eigenvalue weighted by Crippen LogP contribution is 2.29. The van der Waals surface area contributed by atoms with Crippen molar-refractivity contribution in [3.63, 3.8) is 0 Å². The van der Waals surface area contributed by atoms with Gasteiger partial charge in [0.15, 0.2) is 11.5 Å². The molecule has 2 rings (SSSR count). The van der Waals surface area contributed by atoms with E-state index in [1.807, 2.05) is 0 Å². The number of rotatable bonds is 4. The summed E-state index contributed by atoms with van der Waals surface area (Å²) >= 11 is 0. The maximum absolute atomic E-state index is 14.0. The van der Waals surface area contributed by atoms with Gasteiger partial charge in [0, 0.05) is 6.92 Å². The lowest BCUT2D eigenvalue weighted by Crippen LogP contribution is -2.31. The Balaban J connectivity index is 2.41. The summed E-state index contributed by atoms with van der Waals surface area (Å²) in [7, 11) is 0. The number of para-hydroxylation sites is 2. The monoisotopic (exact) mass is 320 g/mol. The van der Waals surface area contributed by atoms with Gasteiger partial charge in [-0.25, -0.2) is 4.39 Å². The minimum Gasteiger partial charge on any atom is -0.504 e. The van der Waals surface area contributed by atoms with Crippen LogP contribution in [-0.2, 0) is 4.79 Å². The van der Waals surface area contributed by atoms with Crippen molar-refractivity contribution >= 4 is 5.91 Å². The normalized spacial score (nSPS) is 17.3. The van der Waals surface area contributed by atoms with E-state index in [9.17, 15) is 24.4 Å². The van der Waals surface area contributed by atoms with E-state index >= 15 is 0 Å². The van der Waals surface area contributed by atoms with Crippen LogP contribution in [0.5, 0.6) is 11.5 Å². The fraction of sp³-hybridized carbons (Fsp3) is 0.133. The minimum absolute atomic E-state index is 0.0155. The number of nitrogens with one attached hydrogen (secondary N) is 1. The predicted octanol–water partition coefficient (Wildman–Crippen LogP) is 2.19. The van der Waals surface area contributed by atoms with Gasteiger partial charge in [0.05, 0.1) is 17.0 Å². The Hall–Kier alpha value is -3.16. The van der Waals surface area contributed by atoms with Crippen LogP contribution in [0.15, 0.2) is 59.8 Å². The molecule has 0 spiro atoms. The summed E-state index contributed by atoms with van der Waals surface area (Å²) in [5, 5.41) is 23.1. The lowest BCUT2D eigenvalue weighted by atomic mass is 10.2. The molecule has 120 valence electrons. The third-order valence-electron chi connectivity index (χ3n) is 2.90. The minimum atomic E-state index is -1.13. The van der Waals surface area contributed by atoms with Gasteiger partial charge in [-0.05, 0) is 18.2 Å². The van der Waals surface area contributed by atoms with Crippen molar-refractivity contribution in [2.75, 3.05) is 0 Å². The number of hydrogen-bond acceptors (Lipinski definition) is 5. The molecule has 1 aromatic carbocycles. The maximum Gasteiger partial charge on any atom is 0.314 e. The van der Waals surface area contributed by atoms with Crippen molar-refractivity contribution in [1.29, 1.82) is 0 Å². The van der Waals surface area contributed by atoms with E-state index in [1.165, 1.54) is 31.2 Å². The summed E-state index contributed by atoms with van der Waals surface area (Å²) < 4.78 is 19.3. The number of allylic oxidation sites excluding steroid dienone is 2. The van der Waals surface area contributed by atoms with Crippen molar-refractivity contribution in [2.24, 2.45) is 0 Å². The molecule has 1 atom stereocenters. The first-order valence-corrected chi connectivity index (χ1v) is 6.55.